The van der Waals surface area contributed by atoms with Crippen molar-refractivity contribution in [2.45, 2.75) is 45.2 Å². The molecule has 0 spiro atoms. The van der Waals surface area contributed by atoms with Crippen LogP contribution in [0.4, 0.5) is 0 Å². The maximum Gasteiger partial charge on any atom is 0.0709 e. The first kappa shape index (κ1) is 11.8. The molecule has 1 aliphatic rings. The minimum atomic E-state index is -0.564. The minimum absolute atomic E-state index is 0.157. The van der Waals surface area contributed by atoms with Crippen molar-refractivity contribution in [2.75, 3.05) is 0 Å². The van der Waals surface area contributed by atoms with Gasteiger partial charge in [-0.05, 0) is 25.3 Å². The Morgan fingerprint density at radius 1 is 1.50 bits per heavy atom. The molecule has 4 N–H and O–H groups in total. The van der Waals surface area contributed by atoms with Gasteiger partial charge in [-0.15, -0.1) is 0 Å². The van der Waals surface area contributed by atoms with Crippen molar-refractivity contribution in [1.82, 2.24) is 0 Å². The van der Waals surface area contributed by atoms with Crippen molar-refractivity contribution >= 4 is 11.6 Å². The van der Waals surface area contributed by atoms with E-state index in [1.54, 1.807) is 0 Å². The molecule has 1 rings (SSSR count). The van der Waals surface area contributed by atoms with E-state index >= 15 is 0 Å². The highest BCUT2D eigenvalue weighted by atomic mass is 35.5. The van der Waals surface area contributed by atoms with Crippen LogP contribution in [0.15, 0.2) is 22.3 Å². The summed E-state index contributed by atoms with van der Waals surface area (Å²) >= 11 is 6.28. The maximum atomic E-state index is 6.28. The Kier molecular flexibility index (Phi) is 3.40. The molecule has 0 aromatic rings. The molecule has 0 aromatic heterocycles. The third kappa shape index (κ3) is 1.62. The van der Waals surface area contributed by atoms with E-state index in [1.807, 2.05) is 13.8 Å². The molecule has 2 nitrogen and oxygen atoms in total. The summed E-state index contributed by atoms with van der Waals surface area (Å²) in [6.45, 7) is 6.11. The smallest absolute Gasteiger partial charge is 0.0709 e. The Morgan fingerprint density at radius 2 is 2.07 bits per heavy atom. The molecule has 0 bridgehead atoms. The summed E-state index contributed by atoms with van der Waals surface area (Å²) in [5.41, 5.74) is 14.0. The van der Waals surface area contributed by atoms with E-state index in [9.17, 15) is 0 Å². The largest absolute Gasteiger partial charge is 0.322 e. The Balaban J connectivity index is 3.22. The highest BCUT2D eigenvalue weighted by molar-refractivity contribution is 6.31. The van der Waals surface area contributed by atoms with Gasteiger partial charge in [0.1, 0.15) is 0 Å². The fraction of sp³-hybridized carbons (Fsp3) is 0.636. The zero-order valence-electron chi connectivity index (χ0n) is 9.10. The fourth-order valence-corrected chi connectivity index (χ4v) is 2.34. The molecular formula is C11H19ClN2. The van der Waals surface area contributed by atoms with Gasteiger partial charge < -0.3 is 11.5 Å². The van der Waals surface area contributed by atoms with E-state index in [1.165, 1.54) is 0 Å². The number of hydrogen-bond donors (Lipinski definition) is 2. The lowest BCUT2D eigenvalue weighted by Crippen LogP contribution is -2.57. The second kappa shape index (κ2) is 4.05. The number of hydrogen-bond acceptors (Lipinski definition) is 2. The maximum absolute atomic E-state index is 6.28. The lowest BCUT2D eigenvalue weighted by molar-refractivity contribution is 0.427. The summed E-state index contributed by atoms with van der Waals surface area (Å²) in [7, 11) is 0. The first-order chi connectivity index (χ1) is 6.47. The summed E-state index contributed by atoms with van der Waals surface area (Å²) in [6, 6.07) is -0.157. The van der Waals surface area contributed by atoms with Crippen LogP contribution in [0.1, 0.15) is 33.6 Å². The second-order valence-corrected chi connectivity index (χ2v) is 4.33. The normalized spacial score (nSPS) is 33.3. The molecule has 0 heterocycles. The average molecular weight is 215 g/mol. The zero-order valence-corrected chi connectivity index (χ0v) is 9.86. The van der Waals surface area contributed by atoms with Crippen molar-refractivity contribution in [3.05, 3.63) is 22.3 Å². The first-order valence-electron chi connectivity index (χ1n) is 5.09. The summed E-state index contributed by atoms with van der Waals surface area (Å²) in [5.74, 6) is 0. The van der Waals surface area contributed by atoms with E-state index in [4.69, 9.17) is 23.1 Å². The second-order valence-electron chi connectivity index (χ2n) is 3.95. The highest BCUT2D eigenvalue weighted by Gasteiger charge is 2.38. The molecule has 1 aliphatic carbocycles. The molecule has 3 heteroatoms. The van der Waals surface area contributed by atoms with Crippen molar-refractivity contribution in [3.8, 4) is 0 Å². The van der Waals surface area contributed by atoms with E-state index in [0.29, 0.717) is 0 Å². The van der Waals surface area contributed by atoms with Gasteiger partial charge in [0.25, 0.3) is 0 Å². The average Bonchev–Trinajstić information content (AvgIpc) is 2.20. The van der Waals surface area contributed by atoms with Gasteiger partial charge in [-0.3, -0.25) is 0 Å². The lowest BCUT2D eigenvalue weighted by Gasteiger charge is -2.39. The van der Waals surface area contributed by atoms with E-state index in [-0.39, 0.29) is 6.04 Å². The van der Waals surface area contributed by atoms with Gasteiger partial charge >= 0.3 is 0 Å². The topological polar surface area (TPSA) is 52.0 Å². The van der Waals surface area contributed by atoms with Gasteiger partial charge in [-0.2, -0.15) is 0 Å². The number of rotatable bonds is 2. The Labute approximate surface area is 91.0 Å². The van der Waals surface area contributed by atoms with Crippen molar-refractivity contribution in [3.63, 3.8) is 0 Å². The fourth-order valence-electron chi connectivity index (χ4n) is 1.90. The Bertz CT molecular complexity index is 294. The third-order valence-electron chi connectivity index (χ3n) is 3.10. The van der Waals surface area contributed by atoms with E-state index in [0.717, 1.165) is 29.0 Å². The van der Waals surface area contributed by atoms with Gasteiger partial charge in [-0.1, -0.05) is 37.1 Å². The number of nitrogens with two attached hydrogens (primary N) is 2. The van der Waals surface area contributed by atoms with Crippen LogP contribution in [0.2, 0.25) is 0 Å². The van der Waals surface area contributed by atoms with Crippen molar-refractivity contribution in [2.24, 2.45) is 11.5 Å². The van der Waals surface area contributed by atoms with Gasteiger partial charge in [0.05, 0.1) is 5.54 Å². The summed E-state index contributed by atoms with van der Waals surface area (Å²) < 4.78 is 0. The van der Waals surface area contributed by atoms with Gasteiger partial charge in [0, 0.05) is 11.1 Å². The summed E-state index contributed by atoms with van der Waals surface area (Å²) in [6.07, 6.45) is 3.73. The van der Waals surface area contributed by atoms with Crippen LogP contribution >= 0.6 is 11.6 Å². The van der Waals surface area contributed by atoms with Crippen molar-refractivity contribution in [1.29, 1.82) is 0 Å². The third-order valence-corrected chi connectivity index (χ3v) is 3.70. The summed E-state index contributed by atoms with van der Waals surface area (Å²) in [5, 5.41) is 0.737. The van der Waals surface area contributed by atoms with Gasteiger partial charge in [0.2, 0.25) is 0 Å². The number of allylic oxidation sites excluding steroid dienone is 2. The Morgan fingerprint density at radius 3 is 2.50 bits per heavy atom. The molecular weight excluding hydrogens is 196 g/mol. The molecule has 0 radical (unpaired) electrons. The van der Waals surface area contributed by atoms with E-state index in [2.05, 4.69) is 13.0 Å². The van der Waals surface area contributed by atoms with Crippen LogP contribution in [0.5, 0.6) is 0 Å². The molecule has 80 valence electrons. The molecule has 0 aromatic carbocycles. The van der Waals surface area contributed by atoms with Crippen LogP contribution < -0.4 is 11.5 Å². The predicted octanol–water partition coefficient (Wildman–Crippen LogP) is 2.28. The standard InChI is InChI=1S/C11H19ClN2/c1-4-8-6-7(3)10(13)11(14,5-2)9(8)12/h6,10H,4-5,13-14H2,1-3H3. The molecule has 0 saturated carbocycles. The predicted molar refractivity (Wildman–Crippen MR) is 62.1 cm³/mol. The molecule has 0 fully saturated rings. The monoisotopic (exact) mass is 214 g/mol. The van der Waals surface area contributed by atoms with Gasteiger partial charge in [-0.25, -0.2) is 0 Å². The van der Waals surface area contributed by atoms with Crippen molar-refractivity contribution < 1.29 is 0 Å². The molecule has 0 amide bonds. The van der Waals surface area contributed by atoms with E-state index < -0.39 is 5.54 Å². The lowest BCUT2D eigenvalue weighted by atomic mass is 9.78. The Hall–Kier alpha value is -0.310. The van der Waals surface area contributed by atoms with Crippen LogP contribution in [-0.2, 0) is 0 Å². The van der Waals surface area contributed by atoms with Crippen LogP contribution in [0, 0.1) is 0 Å². The first-order valence-corrected chi connectivity index (χ1v) is 5.46. The summed E-state index contributed by atoms with van der Waals surface area (Å²) in [4.78, 5) is 0. The number of halogens is 1. The highest BCUT2D eigenvalue weighted by Crippen LogP contribution is 2.36. The zero-order chi connectivity index (χ0) is 10.9. The SMILES string of the molecule is CCC1=C(Cl)C(N)(CC)C(N)C(C)=C1. The quantitative estimate of drug-likeness (QED) is 0.741. The molecule has 0 aliphatic heterocycles. The molecule has 0 saturated heterocycles. The van der Waals surface area contributed by atoms with Crippen LogP contribution in [0.3, 0.4) is 0 Å². The van der Waals surface area contributed by atoms with Gasteiger partial charge in [0.15, 0.2) is 0 Å². The van der Waals surface area contributed by atoms with Crippen LogP contribution in [0.25, 0.3) is 0 Å². The van der Waals surface area contributed by atoms with Crippen LogP contribution in [-0.4, -0.2) is 11.6 Å². The molecule has 2 unspecified atom stereocenters. The molecule has 2 atom stereocenters. The minimum Gasteiger partial charge on any atom is -0.322 e. The molecule has 14 heavy (non-hydrogen) atoms.